The van der Waals surface area contributed by atoms with Crippen LogP contribution in [0.25, 0.3) is 10.4 Å². The molecule has 3 fully saturated rings. The molecule has 2 aromatic rings. The van der Waals surface area contributed by atoms with Crippen molar-refractivity contribution in [1.29, 1.82) is 0 Å². The molecule has 136 valence electrons. The highest BCUT2D eigenvalue weighted by atomic mass is 32.1. The minimum atomic E-state index is -0.0828. The second-order valence-electron chi connectivity index (χ2n) is 7.14. The summed E-state index contributed by atoms with van der Waals surface area (Å²) in [5.41, 5.74) is 1.82. The lowest BCUT2D eigenvalue weighted by Gasteiger charge is -2.44. The second-order valence-corrected chi connectivity index (χ2v) is 8.22. The molecule has 1 aromatic carbocycles. The average Bonchev–Trinajstić information content (AvgIpc) is 3.13. The smallest absolute Gasteiger partial charge is 0.261 e. The summed E-state index contributed by atoms with van der Waals surface area (Å²) >= 11 is 1.51. The number of anilines is 1. The summed E-state index contributed by atoms with van der Waals surface area (Å²) in [6, 6.07) is 11.9. The van der Waals surface area contributed by atoms with Gasteiger partial charge in [0, 0.05) is 30.1 Å². The van der Waals surface area contributed by atoms with E-state index in [4.69, 9.17) is 0 Å². The van der Waals surface area contributed by atoms with E-state index < -0.39 is 0 Å². The van der Waals surface area contributed by atoms with E-state index in [1.165, 1.54) is 44.2 Å². The lowest BCUT2D eigenvalue weighted by molar-refractivity contribution is -0.114. The molecule has 2 N–H and O–H groups in total. The zero-order chi connectivity index (χ0) is 18.1. The zero-order valence-corrected chi connectivity index (χ0v) is 15.6. The molecule has 0 saturated carbocycles. The number of benzene rings is 1. The van der Waals surface area contributed by atoms with Crippen LogP contribution >= 0.6 is 11.3 Å². The molecule has 6 heteroatoms. The number of hydrogen-bond acceptors (Lipinski definition) is 4. The van der Waals surface area contributed by atoms with Gasteiger partial charge in [-0.1, -0.05) is 12.1 Å². The molecule has 0 radical (unpaired) electrons. The van der Waals surface area contributed by atoms with Crippen molar-refractivity contribution in [2.45, 2.75) is 25.8 Å². The Morgan fingerprint density at radius 3 is 2.42 bits per heavy atom. The van der Waals surface area contributed by atoms with Crippen LogP contribution in [-0.4, -0.2) is 42.4 Å². The van der Waals surface area contributed by atoms with Crippen molar-refractivity contribution in [2.75, 3.05) is 25.0 Å². The van der Waals surface area contributed by atoms with Crippen LogP contribution in [-0.2, 0) is 4.79 Å². The molecule has 1 aromatic heterocycles. The van der Waals surface area contributed by atoms with E-state index in [0.717, 1.165) is 27.5 Å². The van der Waals surface area contributed by atoms with Crippen LogP contribution in [0.15, 0.2) is 36.4 Å². The third kappa shape index (κ3) is 3.66. The highest BCUT2D eigenvalue weighted by molar-refractivity contribution is 7.17. The summed E-state index contributed by atoms with van der Waals surface area (Å²) in [6.07, 6.45) is 2.39. The second kappa shape index (κ2) is 7.21. The Hall–Kier alpha value is -2.18. The van der Waals surface area contributed by atoms with Crippen molar-refractivity contribution in [3.8, 4) is 10.4 Å². The van der Waals surface area contributed by atoms with E-state index in [1.807, 2.05) is 36.4 Å². The van der Waals surface area contributed by atoms with Crippen LogP contribution in [0.1, 0.15) is 29.4 Å². The maximum absolute atomic E-state index is 12.6. The lowest BCUT2D eigenvalue weighted by atomic mass is 9.84. The first-order valence-electron chi connectivity index (χ1n) is 9.09. The predicted molar refractivity (Wildman–Crippen MR) is 104 cm³/mol. The number of rotatable bonds is 4. The van der Waals surface area contributed by atoms with Gasteiger partial charge in [0.15, 0.2) is 0 Å². The van der Waals surface area contributed by atoms with E-state index in [1.54, 1.807) is 0 Å². The zero-order valence-electron chi connectivity index (χ0n) is 14.8. The van der Waals surface area contributed by atoms with Gasteiger partial charge in [-0.3, -0.25) is 9.59 Å². The Morgan fingerprint density at radius 1 is 1.08 bits per heavy atom. The van der Waals surface area contributed by atoms with Gasteiger partial charge in [-0.2, -0.15) is 0 Å². The quantitative estimate of drug-likeness (QED) is 0.870. The molecule has 3 saturated heterocycles. The molecular formula is C20H23N3O2S. The molecular weight excluding hydrogens is 346 g/mol. The van der Waals surface area contributed by atoms with E-state index in [0.29, 0.717) is 5.92 Å². The van der Waals surface area contributed by atoms with E-state index in [2.05, 4.69) is 15.5 Å². The minimum Gasteiger partial charge on any atom is -0.347 e. The third-order valence-corrected chi connectivity index (χ3v) is 6.43. The number of nitrogens with one attached hydrogen (secondary N) is 2. The average molecular weight is 369 g/mol. The molecule has 4 heterocycles. The third-order valence-electron chi connectivity index (χ3n) is 5.29. The SMILES string of the molecule is CC(=O)Nc1ccc(-c2ccc(C(=O)N[C@H]3CN4CCC3CC4)s2)cc1. The van der Waals surface area contributed by atoms with Gasteiger partial charge in [-0.05, 0) is 61.7 Å². The van der Waals surface area contributed by atoms with Crippen LogP contribution in [0.2, 0.25) is 0 Å². The highest BCUT2D eigenvalue weighted by Crippen LogP contribution is 2.31. The molecule has 2 amide bonds. The Balaban J connectivity index is 1.42. The molecule has 5 nitrogen and oxygen atoms in total. The fourth-order valence-electron chi connectivity index (χ4n) is 3.90. The Morgan fingerprint density at radius 2 is 1.81 bits per heavy atom. The molecule has 26 heavy (non-hydrogen) atoms. The molecule has 3 aliphatic rings. The molecule has 1 atom stereocenters. The number of nitrogens with zero attached hydrogens (tertiary/aromatic N) is 1. The number of carbonyl (C=O) groups is 2. The summed E-state index contributed by atoms with van der Waals surface area (Å²) in [5, 5.41) is 6.01. The summed E-state index contributed by atoms with van der Waals surface area (Å²) in [7, 11) is 0. The van der Waals surface area contributed by atoms with Crippen molar-refractivity contribution < 1.29 is 9.59 Å². The number of carbonyl (C=O) groups excluding carboxylic acids is 2. The first-order valence-corrected chi connectivity index (χ1v) is 9.91. The highest BCUT2D eigenvalue weighted by Gasteiger charge is 2.35. The fourth-order valence-corrected chi connectivity index (χ4v) is 4.82. The summed E-state index contributed by atoms with van der Waals surface area (Å²) in [5.74, 6) is 0.583. The van der Waals surface area contributed by atoms with Gasteiger partial charge < -0.3 is 15.5 Å². The Kier molecular flexibility index (Phi) is 4.78. The molecule has 0 spiro atoms. The number of fused-ring (bicyclic) bond motifs is 3. The largest absolute Gasteiger partial charge is 0.347 e. The molecule has 5 rings (SSSR count). The molecule has 3 aliphatic heterocycles. The van der Waals surface area contributed by atoms with Gasteiger partial charge in [-0.15, -0.1) is 11.3 Å². The Labute approximate surface area is 157 Å². The monoisotopic (exact) mass is 369 g/mol. The van der Waals surface area contributed by atoms with Gasteiger partial charge >= 0.3 is 0 Å². The summed E-state index contributed by atoms with van der Waals surface area (Å²) < 4.78 is 0. The Bertz CT molecular complexity index is 807. The predicted octanol–water partition coefficient (Wildman–Crippen LogP) is 3.20. The van der Waals surface area contributed by atoms with Crippen LogP contribution < -0.4 is 10.6 Å². The summed E-state index contributed by atoms with van der Waals surface area (Å²) in [4.78, 5) is 28.0. The fraction of sp³-hybridized carbons (Fsp3) is 0.400. The molecule has 2 bridgehead atoms. The van der Waals surface area contributed by atoms with Crippen molar-refractivity contribution >= 4 is 28.8 Å². The van der Waals surface area contributed by atoms with Crippen LogP contribution in [0.3, 0.4) is 0 Å². The lowest BCUT2D eigenvalue weighted by Crippen LogP contribution is -2.57. The number of piperidine rings is 3. The van der Waals surface area contributed by atoms with Gasteiger partial charge in [0.25, 0.3) is 5.91 Å². The molecule has 0 unspecified atom stereocenters. The van der Waals surface area contributed by atoms with Crippen LogP contribution in [0.4, 0.5) is 5.69 Å². The van der Waals surface area contributed by atoms with Gasteiger partial charge in [0.1, 0.15) is 0 Å². The summed E-state index contributed by atoms with van der Waals surface area (Å²) in [6.45, 7) is 4.83. The molecule has 0 aliphatic carbocycles. The maximum Gasteiger partial charge on any atom is 0.261 e. The van der Waals surface area contributed by atoms with Gasteiger partial charge in [-0.25, -0.2) is 0 Å². The van der Waals surface area contributed by atoms with Crippen LogP contribution in [0, 0.1) is 5.92 Å². The van der Waals surface area contributed by atoms with Gasteiger partial charge in [0.2, 0.25) is 5.91 Å². The first-order chi connectivity index (χ1) is 12.6. The number of hydrogen-bond donors (Lipinski definition) is 2. The van der Waals surface area contributed by atoms with Crippen molar-refractivity contribution in [1.82, 2.24) is 10.2 Å². The van der Waals surface area contributed by atoms with Gasteiger partial charge in [0.05, 0.1) is 4.88 Å². The van der Waals surface area contributed by atoms with Crippen LogP contribution in [0.5, 0.6) is 0 Å². The van der Waals surface area contributed by atoms with E-state index >= 15 is 0 Å². The number of thiophene rings is 1. The topological polar surface area (TPSA) is 61.4 Å². The number of amides is 2. The minimum absolute atomic E-state index is 0.0369. The standard InChI is InChI=1S/C20H23N3O2S/c1-13(24)21-16-4-2-15(3-5-16)18-6-7-19(26-18)20(25)22-17-12-23-10-8-14(17)9-11-23/h2-7,14,17H,8-12H2,1H3,(H,21,24)(H,22,25)/t17-/m0/s1. The maximum atomic E-state index is 12.6. The normalized spacial score (nSPS) is 24.3. The van der Waals surface area contributed by atoms with E-state index in [-0.39, 0.29) is 17.9 Å². The van der Waals surface area contributed by atoms with Crippen molar-refractivity contribution in [3.05, 3.63) is 41.3 Å². The van der Waals surface area contributed by atoms with E-state index in [9.17, 15) is 9.59 Å². The van der Waals surface area contributed by atoms with Crippen molar-refractivity contribution in [2.24, 2.45) is 5.92 Å². The van der Waals surface area contributed by atoms with Crippen molar-refractivity contribution in [3.63, 3.8) is 0 Å². The first kappa shape index (κ1) is 17.2.